The zero-order chi connectivity index (χ0) is 17.7. The van der Waals surface area contributed by atoms with Crippen LogP contribution in [0.5, 0.6) is 0 Å². The molecule has 0 aromatic heterocycles. The standard InChI is InChI=1S/C18H14F3NO2/c1-12(23)14-3-2-4-16(11-14)22-17(24)10-7-13-5-8-15(9-6-13)18(19,20)21/h2-11H,1H3,(H,22,24)/b10-7+. The van der Waals surface area contributed by atoms with Crippen molar-refractivity contribution in [2.45, 2.75) is 13.1 Å². The van der Waals surface area contributed by atoms with Crippen molar-refractivity contribution < 1.29 is 22.8 Å². The van der Waals surface area contributed by atoms with Gasteiger partial charge in [-0.2, -0.15) is 13.2 Å². The minimum Gasteiger partial charge on any atom is -0.322 e. The summed E-state index contributed by atoms with van der Waals surface area (Å²) in [5, 5.41) is 2.59. The lowest BCUT2D eigenvalue weighted by molar-refractivity contribution is -0.137. The van der Waals surface area contributed by atoms with Gasteiger partial charge in [-0.15, -0.1) is 0 Å². The molecular weight excluding hydrogens is 319 g/mol. The minimum atomic E-state index is -4.39. The quantitative estimate of drug-likeness (QED) is 0.658. The van der Waals surface area contributed by atoms with Gasteiger partial charge >= 0.3 is 6.18 Å². The fourth-order valence-corrected chi connectivity index (χ4v) is 1.95. The number of halogens is 3. The van der Waals surface area contributed by atoms with Crippen LogP contribution in [-0.2, 0) is 11.0 Å². The molecule has 0 radical (unpaired) electrons. The van der Waals surface area contributed by atoms with Gasteiger partial charge in [0.25, 0.3) is 0 Å². The molecule has 0 aliphatic carbocycles. The molecule has 2 aromatic carbocycles. The number of rotatable bonds is 4. The number of carbonyl (C=O) groups is 2. The van der Waals surface area contributed by atoms with E-state index in [2.05, 4.69) is 5.32 Å². The van der Waals surface area contributed by atoms with Crippen molar-refractivity contribution in [2.24, 2.45) is 0 Å². The third-order valence-corrected chi connectivity index (χ3v) is 3.20. The molecule has 0 heterocycles. The van der Waals surface area contributed by atoms with E-state index in [0.29, 0.717) is 16.8 Å². The predicted octanol–water partition coefficient (Wildman–Crippen LogP) is 4.56. The number of ketones is 1. The van der Waals surface area contributed by atoms with Crippen LogP contribution in [0.3, 0.4) is 0 Å². The molecule has 0 spiro atoms. The number of carbonyl (C=O) groups excluding carboxylic acids is 2. The number of hydrogen-bond acceptors (Lipinski definition) is 2. The highest BCUT2D eigenvalue weighted by atomic mass is 19.4. The molecule has 2 aromatic rings. The average Bonchev–Trinajstić information content (AvgIpc) is 2.53. The van der Waals surface area contributed by atoms with Crippen molar-refractivity contribution in [3.05, 3.63) is 71.3 Å². The largest absolute Gasteiger partial charge is 0.416 e. The van der Waals surface area contributed by atoms with Crippen molar-refractivity contribution in [1.82, 2.24) is 0 Å². The predicted molar refractivity (Wildman–Crippen MR) is 85.6 cm³/mol. The Hall–Kier alpha value is -2.89. The average molecular weight is 333 g/mol. The van der Waals surface area contributed by atoms with E-state index < -0.39 is 17.6 Å². The maximum Gasteiger partial charge on any atom is 0.416 e. The fourth-order valence-electron chi connectivity index (χ4n) is 1.95. The summed E-state index contributed by atoms with van der Waals surface area (Å²) in [6, 6.07) is 10.9. The second-order valence-electron chi connectivity index (χ2n) is 5.08. The molecule has 0 bridgehead atoms. The Morgan fingerprint density at radius 2 is 1.71 bits per heavy atom. The lowest BCUT2D eigenvalue weighted by Crippen LogP contribution is -2.08. The molecule has 1 N–H and O–H groups in total. The lowest BCUT2D eigenvalue weighted by Gasteiger charge is -2.06. The molecule has 2 rings (SSSR count). The molecule has 6 heteroatoms. The van der Waals surface area contributed by atoms with Crippen molar-refractivity contribution in [1.29, 1.82) is 0 Å². The van der Waals surface area contributed by atoms with E-state index in [9.17, 15) is 22.8 Å². The Morgan fingerprint density at radius 1 is 1.04 bits per heavy atom. The van der Waals surface area contributed by atoms with Gasteiger partial charge in [-0.05, 0) is 42.8 Å². The zero-order valence-corrected chi connectivity index (χ0v) is 12.7. The van der Waals surface area contributed by atoms with E-state index in [1.165, 1.54) is 31.2 Å². The first kappa shape index (κ1) is 17.5. The summed E-state index contributed by atoms with van der Waals surface area (Å²) < 4.78 is 37.4. The van der Waals surface area contributed by atoms with Gasteiger partial charge in [-0.3, -0.25) is 9.59 Å². The van der Waals surface area contributed by atoms with Gasteiger partial charge in [0.1, 0.15) is 0 Å². The van der Waals surface area contributed by atoms with Gasteiger partial charge in [0.05, 0.1) is 5.56 Å². The Kier molecular flexibility index (Phi) is 5.18. The Bertz CT molecular complexity index is 778. The van der Waals surface area contributed by atoms with Gasteiger partial charge < -0.3 is 5.32 Å². The van der Waals surface area contributed by atoms with Gasteiger partial charge in [-0.1, -0.05) is 24.3 Å². The molecule has 0 aliphatic heterocycles. The van der Waals surface area contributed by atoms with Gasteiger partial charge in [-0.25, -0.2) is 0 Å². The van der Waals surface area contributed by atoms with Crippen LogP contribution in [0, 0.1) is 0 Å². The SMILES string of the molecule is CC(=O)c1cccc(NC(=O)/C=C/c2ccc(C(F)(F)F)cc2)c1. The molecule has 24 heavy (non-hydrogen) atoms. The summed E-state index contributed by atoms with van der Waals surface area (Å²) in [5.41, 5.74) is 0.657. The minimum absolute atomic E-state index is 0.119. The topological polar surface area (TPSA) is 46.2 Å². The summed E-state index contributed by atoms with van der Waals surface area (Å²) in [7, 11) is 0. The highest BCUT2D eigenvalue weighted by Crippen LogP contribution is 2.29. The first-order chi connectivity index (χ1) is 11.3. The monoisotopic (exact) mass is 333 g/mol. The van der Waals surface area contributed by atoms with Crippen LogP contribution in [0.1, 0.15) is 28.4 Å². The summed E-state index contributed by atoms with van der Waals surface area (Å²) in [6.07, 6.45) is -1.77. The van der Waals surface area contributed by atoms with E-state index >= 15 is 0 Å². The molecular formula is C18H14F3NO2. The van der Waals surface area contributed by atoms with Crippen LogP contribution in [0.2, 0.25) is 0 Å². The Morgan fingerprint density at radius 3 is 2.29 bits per heavy atom. The van der Waals surface area contributed by atoms with Crippen LogP contribution in [-0.4, -0.2) is 11.7 Å². The van der Waals surface area contributed by atoms with E-state index in [0.717, 1.165) is 12.1 Å². The number of nitrogens with one attached hydrogen (secondary N) is 1. The van der Waals surface area contributed by atoms with Crippen molar-refractivity contribution in [3.8, 4) is 0 Å². The van der Waals surface area contributed by atoms with Crippen molar-refractivity contribution in [3.63, 3.8) is 0 Å². The molecule has 0 atom stereocenters. The van der Waals surface area contributed by atoms with E-state index in [1.807, 2.05) is 0 Å². The number of anilines is 1. The zero-order valence-electron chi connectivity index (χ0n) is 12.7. The van der Waals surface area contributed by atoms with Gasteiger partial charge in [0, 0.05) is 17.3 Å². The van der Waals surface area contributed by atoms with Crippen LogP contribution in [0.4, 0.5) is 18.9 Å². The number of hydrogen-bond donors (Lipinski definition) is 1. The molecule has 0 aliphatic rings. The Balaban J connectivity index is 2.03. The highest BCUT2D eigenvalue weighted by molar-refractivity contribution is 6.03. The van der Waals surface area contributed by atoms with E-state index in [4.69, 9.17) is 0 Å². The van der Waals surface area contributed by atoms with Gasteiger partial charge in [0.15, 0.2) is 5.78 Å². The third kappa shape index (κ3) is 4.81. The molecule has 3 nitrogen and oxygen atoms in total. The Labute approximate surface area is 136 Å². The van der Waals surface area contributed by atoms with Crippen LogP contribution < -0.4 is 5.32 Å². The van der Waals surface area contributed by atoms with E-state index in [-0.39, 0.29) is 5.78 Å². The van der Waals surface area contributed by atoms with Gasteiger partial charge in [0.2, 0.25) is 5.91 Å². The number of Topliss-reactive ketones (excluding diaryl/α,β-unsaturated/α-hetero) is 1. The summed E-state index contributed by atoms with van der Waals surface area (Å²) in [5.74, 6) is -0.568. The smallest absolute Gasteiger partial charge is 0.322 e. The number of benzene rings is 2. The third-order valence-electron chi connectivity index (χ3n) is 3.20. The van der Waals surface area contributed by atoms with Crippen molar-refractivity contribution in [2.75, 3.05) is 5.32 Å². The molecule has 0 saturated carbocycles. The maximum atomic E-state index is 12.5. The summed E-state index contributed by atoms with van der Waals surface area (Å²) in [6.45, 7) is 1.42. The van der Waals surface area contributed by atoms with Crippen LogP contribution in [0.15, 0.2) is 54.6 Å². The molecule has 124 valence electrons. The second kappa shape index (κ2) is 7.12. The molecule has 1 amide bonds. The normalized spacial score (nSPS) is 11.5. The molecule has 0 unspecified atom stereocenters. The first-order valence-electron chi connectivity index (χ1n) is 7.03. The molecule has 0 saturated heterocycles. The number of alkyl halides is 3. The second-order valence-corrected chi connectivity index (χ2v) is 5.08. The maximum absolute atomic E-state index is 12.5. The summed E-state index contributed by atoms with van der Waals surface area (Å²) >= 11 is 0. The number of amides is 1. The molecule has 0 fully saturated rings. The van der Waals surface area contributed by atoms with Crippen LogP contribution >= 0.6 is 0 Å². The van der Waals surface area contributed by atoms with E-state index in [1.54, 1.807) is 24.3 Å². The lowest BCUT2D eigenvalue weighted by atomic mass is 10.1. The van der Waals surface area contributed by atoms with Crippen LogP contribution in [0.25, 0.3) is 6.08 Å². The van der Waals surface area contributed by atoms with Crippen molar-refractivity contribution >= 4 is 23.5 Å². The fraction of sp³-hybridized carbons (Fsp3) is 0.111. The first-order valence-corrected chi connectivity index (χ1v) is 7.03. The summed E-state index contributed by atoms with van der Waals surface area (Å²) in [4.78, 5) is 23.1. The highest BCUT2D eigenvalue weighted by Gasteiger charge is 2.29.